The zero-order valence-corrected chi connectivity index (χ0v) is 15.6. The van der Waals surface area contributed by atoms with Crippen molar-refractivity contribution in [1.82, 2.24) is 0 Å². The van der Waals surface area contributed by atoms with Crippen molar-refractivity contribution in [3.8, 4) is 11.1 Å². The molecule has 0 saturated heterocycles. The maximum atomic E-state index is 13.4. The normalized spacial score (nSPS) is 10.6. The van der Waals surface area contributed by atoms with Gasteiger partial charge in [-0.25, -0.2) is 9.18 Å². The van der Waals surface area contributed by atoms with Crippen molar-refractivity contribution in [3.63, 3.8) is 0 Å². The second-order valence-corrected chi connectivity index (χ2v) is 6.55. The second kappa shape index (κ2) is 8.23. The van der Waals surface area contributed by atoms with E-state index in [2.05, 4.69) is 0 Å². The summed E-state index contributed by atoms with van der Waals surface area (Å²) in [5.41, 5.74) is 10.3. The lowest BCUT2D eigenvalue weighted by Crippen LogP contribution is -2.05. The average Bonchev–Trinajstić information content (AvgIpc) is 2.64. The van der Waals surface area contributed by atoms with Gasteiger partial charge in [-0.3, -0.25) is 0 Å². The minimum absolute atomic E-state index is 0.270. The number of ether oxygens (including phenoxy) is 1. The monoisotopic (exact) mass is 383 g/mol. The average molecular weight is 384 g/mol. The highest BCUT2D eigenvalue weighted by Gasteiger charge is 2.14. The van der Waals surface area contributed by atoms with Crippen LogP contribution in [0.4, 0.5) is 10.1 Å². The highest BCUT2D eigenvalue weighted by atomic mass is 35.5. The molecular weight excluding hydrogens is 365 g/mol. The van der Waals surface area contributed by atoms with E-state index in [1.54, 1.807) is 37.3 Å². The van der Waals surface area contributed by atoms with Crippen molar-refractivity contribution in [2.45, 2.75) is 13.3 Å². The third kappa shape index (κ3) is 4.47. The van der Waals surface area contributed by atoms with Crippen LogP contribution in [0.25, 0.3) is 11.1 Å². The van der Waals surface area contributed by atoms with E-state index in [1.807, 2.05) is 18.2 Å². The van der Waals surface area contributed by atoms with Gasteiger partial charge in [0.25, 0.3) is 0 Å². The summed E-state index contributed by atoms with van der Waals surface area (Å²) in [6.07, 6.45) is 0.556. The maximum Gasteiger partial charge on any atom is 0.338 e. The van der Waals surface area contributed by atoms with Crippen molar-refractivity contribution >= 4 is 23.3 Å². The molecule has 138 valence electrons. The van der Waals surface area contributed by atoms with Crippen LogP contribution in [0.15, 0.2) is 60.7 Å². The van der Waals surface area contributed by atoms with Gasteiger partial charge in [-0.2, -0.15) is 0 Å². The summed E-state index contributed by atoms with van der Waals surface area (Å²) in [6, 6.07) is 17.0. The van der Waals surface area contributed by atoms with Gasteiger partial charge in [0.1, 0.15) is 5.82 Å². The molecule has 0 saturated carbocycles. The van der Waals surface area contributed by atoms with E-state index in [-0.39, 0.29) is 5.82 Å². The van der Waals surface area contributed by atoms with E-state index in [0.717, 1.165) is 16.7 Å². The lowest BCUT2D eigenvalue weighted by Gasteiger charge is -2.12. The van der Waals surface area contributed by atoms with Gasteiger partial charge >= 0.3 is 5.97 Å². The van der Waals surface area contributed by atoms with Crippen LogP contribution in [0.2, 0.25) is 5.02 Å². The first-order chi connectivity index (χ1) is 13.0. The Balaban J connectivity index is 1.99. The van der Waals surface area contributed by atoms with Gasteiger partial charge in [0.15, 0.2) is 0 Å². The van der Waals surface area contributed by atoms with E-state index in [0.29, 0.717) is 34.9 Å². The van der Waals surface area contributed by atoms with Crippen molar-refractivity contribution in [3.05, 3.63) is 88.2 Å². The molecule has 0 aliphatic rings. The predicted octanol–water partition coefficient (Wildman–Crippen LogP) is 5.50. The van der Waals surface area contributed by atoms with Crippen LogP contribution >= 0.6 is 11.6 Å². The zero-order valence-electron chi connectivity index (χ0n) is 14.8. The summed E-state index contributed by atoms with van der Waals surface area (Å²) in [5.74, 6) is -0.682. The van der Waals surface area contributed by atoms with E-state index < -0.39 is 5.97 Å². The summed E-state index contributed by atoms with van der Waals surface area (Å²) in [5, 5.41) is 0.484. The molecule has 0 aliphatic carbocycles. The Bertz CT molecular complexity index is 988. The third-order valence-corrected chi connectivity index (χ3v) is 4.51. The largest absolute Gasteiger partial charge is 0.462 e. The molecule has 27 heavy (non-hydrogen) atoms. The number of carbonyl (C=O) groups excluding carboxylic acids is 1. The first-order valence-corrected chi connectivity index (χ1v) is 8.95. The Kier molecular flexibility index (Phi) is 5.77. The number of nitrogen functional groups attached to an aromatic ring is 1. The van der Waals surface area contributed by atoms with Crippen LogP contribution in [-0.2, 0) is 11.2 Å². The molecule has 5 heteroatoms. The van der Waals surface area contributed by atoms with Crippen LogP contribution in [-0.4, -0.2) is 12.6 Å². The summed E-state index contributed by atoms with van der Waals surface area (Å²) < 4.78 is 18.5. The van der Waals surface area contributed by atoms with Gasteiger partial charge < -0.3 is 10.5 Å². The summed E-state index contributed by atoms with van der Waals surface area (Å²) in [6.45, 7) is 2.05. The highest BCUT2D eigenvalue weighted by molar-refractivity contribution is 6.33. The van der Waals surface area contributed by atoms with Crippen LogP contribution < -0.4 is 5.73 Å². The first kappa shape index (κ1) is 18.9. The van der Waals surface area contributed by atoms with E-state index >= 15 is 0 Å². The Hall–Kier alpha value is -2.85. The molecule has 3 aromatic rings. The summed E-state index contributed by atoms with van der Waals surface area (Å²) in [4.78, 5) is 12.0. The first-order valence-electron chi connectivity index (χ1n) is 8.58. The number of hydrogen-bond acceptors (Lipinski definition) is 3. The number of rotatable bonds is 5. The maximum absolute atomic E-state index is 13.4. The molecule has 3 aromatic carbocycles. The topological polar surface area (TPSA) is 52.3 Å². The minimum Gasteiger partial charge on any atom is -0.462 e. The number of carbonyl (C=O) groups is 1. The van der Waals surface area contributed by atoms with E-state index in [9.17, 15) is 9.18 Å². The Morgan fingerprint density at radius 3 is 2.56 bits per heavy atom. The molecule has 3 rings (SSSR count). The van der Waals surface area contributed by atoms with Gasteiger partial charge in [-0.1, -0.05) is 29.8 Å². The lowest BCUT2D eigenvalue weighted by atomic mass is 9.96. The number of benzene rings is 3. The van der Waals surface area contributed by atoms with Gasteiger partial charge in [0, 0.05) is 21.8 Å². The zero-order chi connectivity index (χ0) is 19.4. The summed E-state index contributed by atoms with van der Waals surface area (Å²) in [7, 11) is 0. The number of nitrogens with two attached hydrogens (primary N) is 1. The molecule has 0 fully saturated rings. The molecule has 3 nitrogen and oxygen atoms in total. The number of hydrogen-bond donors (Lipinski definition) is 1. The lowest BCUT2D eigenvalue weighted by molar-refractivity contribution is 0.0526. The Morgan fingerprint density at radius 2 is 1.81 bits per heavy atom. The molecular formula is C22H19ClFNO2. The quantitative estimate of drug-likeness (QED) is 0.467. The van der Waals surface area contributed by atoms with Crippen molar-refractivity contribution < 1.29 is 13.9 Å². The summed E-state index contributed by atoms with van der Waals surface area (Å²) >= 11 is 6.36. The number of anilines is 1. The molecule has 0 aromatic heterocycles. The molecule has 0 radical (unpaired) electrons. The molecule has 0 atom stereocenters. The Labute approximate surface area is 162 Å². The molecule has 0 amide bonds. The Morgan fingerprint density at radius 1 is 1.04 bits per heavy atom. The number of esters is 1. The van der Waals surface area contributed by atoms with Gasteiger partial charge in [-0.05, 0) is 66.9 Å². The third-order valence-electron chi connectivity index (χ3n) is 4.18. The standard InChI is InChI=1S/C22H19ClFNO2/c1-2-27-22(26)16-7-8-20(23)18(13-16)19-12-15(6-9-21(19)25)10-14-4-3-5-17(24)11-14/h3-9,11-13H,2,10,25H2,1H3. The molecule has 0 spiro atoms. The van der Waals surface area contributed by atoms with Crippen LogP contribution in [0.5, 0.6) is 0 Å². The highest BCUT2D eigenvalue weighted by Crippen LogP contribution is 2.34. The molecule has 2 N–H and O–H groups in total. The SMILES string of the molecule is CCOC(=O)c1ccc(Cl)c(-c2cc(Cc3cccc(F)c3)ccc2N)c1. The fraction of sp³-hybridized carbons (Fsp3) is 0.136. The van der Waals surface area contributed by atoms with E-state index in [1.165, 1.54) is 12.1 Å². The molecule has 0 unspecified atom stereocenters. The molecule has 0 bridgehead atoms. The van der Waals surface area contributed by atoms with Crippen molar-refractivity contribution in [1.29, 1.82) is 0 Å². The van der Waals surface area contributed by atoms with Crippen molar-refractivity contribution in [2.24, 2.45) is 0 Å². The van der Waals surface area contributed by atoms with Gasteiger partial charge in [0.05, 0.1) is 12.2 Å². The smallest absolute Gasteiger partial charge is 0.338 e. The molecule has 0 aliphatic heterocycles. The molecule has 0 heterocycles. The van der Waals surface area contributed by atoms with E-state index in [4.69, 9.17) is 22.1 Å². The van der Waals surface area contributed by atoms with Crippen LogP contribution in [0, 0.1) is 5.82 Å². The predicted molar refractivity (Wildman–Crippen MR) is 106 cm³/mol. The second-order valence-electron chi connectivity index (χ2n) is 6.14. The fourth-order valence-corrected chi connectivity index (χ4v) is 3.12. The van der Waals surface area contributed by atoms with Gasteiger partial charge in [-0.15, -0.1) is 0 Å². The number of halogens is 2. The minimum atomic E-state index is -0.412. The van der Waals surface area contributed by atoms with Crippen molar-refractivity contribution in [2.75, 3.05) is 12.3 Å². The van der Waals surface area contributed by atoms with Gasteiger partial charge in [0.2, 0.25) is 0 Å². The van der Waals surface area contributed by atoms with Crippen LogP contribution in [0.3, 0.4) is 0 Å². The fourth-order valence-electron chi connectivity index (χ4n) is 2.90. The van der Waals surface area contributed by atoms with Crippen LogP contribution in [0.1, 0.15) is 28.4 Å².